The Morgan fingerprint density at radius 1 is 1.15 bits per heavy atom. The van der Waals surface area contributed by atoms with Gasteiger partial charge in [0.15, 0.2) is 4.90 Å². The second-order valence-corrected chi connectivity index (χ2v) is 7.78. The quantitative estimate of drug-likeness (QED) is 0.610. The maximum Gasteiger partial charge on any atom is 0.289 e. The maximum atomic E-state index is 13.2. The van der Waals surface area contributed by atoms with Crippen molar-refractivity contribution in [3.8, 4) is 0 Å². The van der Waals surface area contributed by atoms with Crippen LogP contribution in [0.5, 0.6) is 0 Å². The molecule has 2 aromatic carbocycles. The van der Waals surface area contributed by atoms with E-state index in [4.69, 9.17) is 5.73 Å². The fourth-order valence-electron chi connectivity index (χ4n) is 2.94. The molecule has 26 heavy (non-hydrogen) atoms. The normalized spacial score (nSPS) is 11.2. The van der Waals surface area contributed by atoms with Crippen LogP contribution in [0.25, 0.3) is 0 Å². The molecule has 9 heteroatoms. The van der Waals surface area contributed by atoms with Crippen LogP contribution in [0.4, 0.5) is 11.4 Å². The molecule has 0 spiro atoms. The van der Waals surface area contributed by atoms with Gasteiger partial charge in [-0.1, -0.05) is 29.8 Å². The van der Waals surface area contributed by atoms with E-state index in [0.717, 1.165) is 22.0 Å². The first kappa shape index (κ1) is 19.4. The van der Waals surface area contributed by atoms with E-state index in [-0.39, 0.29) is 5.69 Å². The summed E-state index contributed by atoms with van der Waals surface area (Å²) >= 11 is 0. The van der Waals surface area contributed by atoms with Gasteiger partial charge in [0.1, 0.15) is 6.54 Å². The van der Waals surface area contributed by atoms with E-state index in [1.165, 1.54) is 12.1 Å². The van der Waals surface area contributed by atoms with Crippen molar-refractivity contribution in [2.24, 2.45) is 5.73 Å². The lowest BCUT2D eigenvalue weighted by atomic mass is 10.1. The van der Waals surface area contributed by atoms with Crippen LogP contribution in [0.2, 0.25) is 0 Å². The van der Waals surface area contributed by atoms with Crippen LogP contribution < -0.4 is 10.0 Å². The molecule has 0 unspecified atom stereocenters. The molecular formula is C17H19N3O5S. The molecule has 8 nitrogen and oxygen atoms in total. The zero-order valence-corrected chi connectivity index (χ0v) is 15.4. The molecule has 0 aliphatic carbocycles. The Morgan fingerprint density at radius 3 is 2.19 bits per heavy atom. The number of hydrogen-bond acceptors (Lipinski definition) is 5. The van der Waals surface area contributed by atoms with Gasteiger partial charge in [0.05, 0.1) is 10.6 Å². The smallest absolute Gasteiger partial charge is 0.289 e. The van der Waals surface area contributed by atoms with E-state index in [1.54, 1.807) is 26.0 Å². The van der Waals surface area contributed by atoms with Crippen LogP contribution in [0.15, 0.2) is 41.3 Å². The number of aryl methyl sites for hydroxylation is 3. The van der Waals surface area contributed by atoms with Gasteiger partial charge < -0.3 is 5.73 Å². The second kappa shape index (κ2) is 7.12. The van der Waals surface area contributed by atoms with Gasteiger partial charge in [-0.3, -0.25) is 19.2 Å². The van der Waals surface area contributed by atoms with Crippen molar-refractivity contribution in [1.29, 1.82) is 0 Å². The fourth-order valence-corrected chi connectivity index (χ4v) is 4.66. The molecule has 2 aromatic rings. The first-order valence-electron chi connectivity index (χ1n) is 7.68. The van der Waals surface area contributed by atoms with Crippen LogP contribution in [0, 0.1) is 30.9 Å². The number of para-hydroxylation sites is 1. The number of primary amides is 1. The second-order valence-electron chi connectivity index (χ2n) is 5.95. The minimum atomic E-state index is -4.39. The zero-order chi connectivity index (χ0) is 19.6. The Kier molecular flexibility index (Phi) is 5.31. The highest BCUT2D eigenvalue weighted by Crippen LogP contribution is 2.33. The largest absolute Gasteiger partial charge is 0.368 e. The molecule has 0 aliphatic rings. The van der Waals surface area contributed by atoms with E-state index in [2.05, 4.69) is 0 Å². The van der Waals surface area contributed by atoms with Gasteiger partial charge in [0, 0.05) is 6.07 Å². The summed E-state index contributed by atoms with van der Waals surface area (Å²) in [5.41, 5.74) is 7.13. The summed E-state index contributed by atoms with van der Waals surface area (Å²) in [5, 5.41) is 11.3. The van der Waals surface area contributed by atoms with Crippen molar-refractivity contribution in [2.45, 2.75) is 25.7 Å². The summed E-state index contributed by atoms with van der Waals surface area (Å²) in [6, 6.07) is 8.54. The average molecular weight is 377 g/mol. The Bertz CT molecular complexity index is 963. The number of rotatable bonds is 6. The molecule has 0 bridgehead atoms. The predicted molar refractivity (Wildman–Crippen MR) is 97.5 cm³/mol. The maximum absolute atomic E-state index is 13.2. The third kappa shape index (κ3) is 3.67. The van der Waals surface area contributed by atoms with Gasteiger partial charge in [-0.15, -0.1) is 0 Å². The number of carbonyl (C=O) groups excluding carboxylic acids is 1. The number of anilines is 1. The Morgan fingerprint density at radius 2 is 1.69 bits per heavy atom. The number of nitro benzene ring substituents is 1. The fraction of sp³-hybridized carbons (Fsp3) is 0.235. The van der Waals surface area contributed by atoms with Crippen LogP contribution in [0.1, 0.15) is 16.7 Å². The number of hydrogen-bond donors (Lipinski definition) is 1. The highest BCUT2D eigenvalue weighted by Gasteiger charge is 2.34. The highest BCUT2D eigenvalue weighted by atomic mass is 32.2. The van der Waals surface area contributed by atoms with E-state index < -0.39 is 38.0 Å². The van der Waals surface area contributed by atoms with Gasteiger partial charge in [-0.25, -0.2) is 8.42 Å². The molecule has 0 aliphatic heterocycles. The standard InChI is InChI=1S/C17H19N3O5S/c1-11-8-12(2)17(13(3)9-11)19(10-16(18)21)26(24,25)15-7-5-4-6-14(15)20(22)23/h4-9H,10H2,1-3H3,(H2,18,21). The van der Waals surface area contributed by atoms with Crippen molar-refractivity contribution in [1.82, 2.24) is 0 Å². The minimum absolute atomic E-state index is 0.285. The molecule has 2 rings (SSSR count). The van der Waals surface area contributed by atoms with Crippen molar-refractivity contribution < 1.29 is 18.1 Å². The van der Waals surface area contributed by atoms with Crippen LogP contribution >= 0.6 is 0 Å². The van der Waals surface area contributed by atoms with Gasteiger partial charge in [-0.2, -0.15) is 0 Å². The number of nitrogens with zero attached hydrogens (tertiary/aromatic N) is 2. The van der Waals surface area contributed by atoms with Crippen LogP contribution in [-0.2, 0) is 14.8 Å². The van der Waals surface area contributed by atoms with E-state index in [0.29, 0.717) is 11.1 Å². The van der Waals surface area contributed by atoms with Crippen molar-refractivity contribution in [2.75, 3.05) is 10.8 Å². The molecule has 138 valence electrons. The third-order valence-corrected chi connectivity index (χ3v) is 5.61. The van der Waals surface area contributed by atoms with Crippen molar-refractivity contribution in [3.05, 3.63) is 63.2 Å². The topological polar surface area (TPSA) is 124 Å². The van der Waals surface area contributed by atoms with Gasteiger partial charge in [-0.05, 0) is 38.0 Å². The SMILES string of the molecule is Cc1cc(C)c(N(CC(N)=O)S(=O)(=O)c2ccccc2[N+](=O)[O-])c(C)c1. The molecule has 0 aromatic heterocycles. The molecule has 0 saturated heterocycles. The first-order valence-corrected chi connectivity index (χ1v) is 9.12. The molecule has 0 fully saturated rings. The summed E-state index contributed by atoms with van der Waals surface area (Å²) < 4.78 is 27.2. The summed E-state index contributed by atoms with van der Waals surface area (Å²) in [7, 11) is -4.39. The van der Waals surface area contributed by atoms with Gasteiger partial charge in [0.25, 0.3) is 15.7 Å². The first-order chi connectivity index (χ1) is 12.1. The van der Waals surface area contributed by atoms with Gasteiger partial charge in [0.2, 0.25) is 5.91 Å². The summed E-state index contributed by atoms with van der Waals surface area (Å²) in [6.45, 7) is 4.65. The summed E-state index contributed by atoms with van der Waals surface area (Å²) in [5.74, 6) is -0.869. The van der Waals surface area contributed by atoms with Crippen LogP contribution in [0.3, 0.4) is 0 Å². The number of amides is 1. The van der Waals surface area contributed by atoms with Crippen molar-refractivity contribution in [3.63, 3.8) is 0 Å². The molecule has 0 saturated carbocycles. The van der Waals surface area contributed by atoms with Crippen LogP contribution in [-0.4, -0.2) is 25.8 Å². The van der Waals surface area contributed by atoms with E-state index >= 15 is 0 Å². The molecule has 0 atom stereocenters. The lowest BCUT2D eigenvalue weighted by molar-refractivity contribution is -0.387. The Labute approximate surface area is 151 Å². The Balaban J connectivity index is 2.76. The predicted octanol–water partition coefficient (Wildman–Crippen LogP) is 2.20. The molecule has 0 radical (unpaired) electrons. The van der Waals surface area contributed by atoms with Crippen molar-refractivity contribution >= 4 is 27.3 Å². The third-order valence-electron chi connectivity index (χ3n) is 3.81. The number of nitro groups is 1. The lowest BCUT2D eigenvalue weighted by Gasteiger charge is -2.26. The Hall–Kier alpha value is -2.94. The number of benzene rings is 2. The molecular weight excluding hydrogens is 358 g/mol. The average Bonchev–Trinajstić information content (AvgIpc) is 2.52. The zero-order valence-electron chi connectivity index (χ0n) is 14.6. The summed E-state index contributed by atoms with van der Waals surface area (Å²) in [6.07, 6.45) is 0. The number of sulfonamides is 1. The van der Waals surface area contributed by atoms with E-state index in [1.807, 2.05) is 6.92 Å². The number of nitrogens with two attached hydrogens (primary N) is 1. The number of carbonyl (C=O) groups is 1. The van der Waals surface area contributed by atoms with Gasteiger partial charge >= 0.3 is 0 Å². The monoisotopic (exact) mass is 377 g/mol. The molecule has 2 N–H and O–H groups in total. The lowest BCUT2D eigenvalue weighted by Crippen LogP contribution is -2.39. The minimum Gasteiger partial charge on any atom is -0.368 e. The molecule has 0 heterocycles. The van der Waals surface area contributed by atoms with E-state index in [9.17, 15) is 23.3 Å². The highest BCUT2D eigenvalue weighted by molar-refractivity contribution is 7.93. The summed E-state index contributed by atoms with van der Waals surface area (Å²) in [4.78, 5) is 21.5. The molecule has 1 amide bonds.